The van der Waals surface area contributed by atoms with E-state index >= 15 is 0 Å². The van der Waals surface area contributed by atoms with Gasteiger partial charge in [-0.05, 0) is 92.4 Å². The van der Waals surface area contributed by atoms with Crippen molar-refractivity contribution < 1.29 is 9.59 Å². The second-order valence-electron chi connectivity index (χ2n) is 10.7. The number of rotatable bonds is 2. The van der Waals surface area contributed by atoms with Crippen LogP contribution >= 0.6 is 0 Å². The smallest absolute Gasteiger partial charge is 0.243 e. The van der Waals surface area contributed by atoms with Crippen molar-refractivity contribution in [2.45, 2.75) is 65.3 Å². The Morgan fingerprint density at radius 2 is 1.93 bits per heavy atom. The number of benzene rings is 1. The molecule has 1 aliphatic heterocycles. The molecule has 5 rings (SSSR count). The first kappa shape index (κ1) is 19.8. The molecule has 7 atom stereocenters. The second kappa shape index (κ2) is 6.96. The molecule has 1 heterocycles. The topological polar surface area (TPSA) is 58.2 Å². The van der Waals surface area contributed by atoms with Gasteiger partial charge in [0.1, 0.15) is 0 Å². The lowest BCUT2D eigenvalue weighted by Gasteiger charge is -2.58. The van der Waals surface area contributed by atoms with E-state index in [2.05, 4.69) is 49.6 Å². The molecular weight excluding hydrogens is 372 g/mol. The summed E-state index contributed by atoms with van der Waals surface area (Å²) in [7, 11) is 0. The van der Waals surface area contributed by atoms with Crippen molar-refractivity contribution in [2.24, 2.45) is 34.5 Å². The van der Waals surface area contributed by atoms with Gasteiger partial charge in [-0.2, -0.15) is 0 Å². The van der Waals surface area contributed by atoms with Crippen molar-refractivity contribution in [3.8, 4) is 0 Å². The first-order valence-electron chi connectivity index (χ1n) is 11.7. The molecule has 4 nitrogen and oxygen atoms in total. The van der Waals surface area contributed by atoms with Crippen LogP contribution in [0.15, 0.2) is 36.4 Å². The fraction of sp³-hybridized carbons (Fsp3) is 0.615. The van der Waals surface area contributed by atoms with Crippen LogP contribution in [-0.4, -0.2) is 17.9 Å². The Morgan fingerprint density at radius 3 is 2.73 bits per heavy atom. The molecule has 0 bridgehead atoms. The average molecular weight is 407 g/mol. The molecule has 160 valence electrons. The highest BCUT2D eigenvalue weighted by molar-refractivity contribution is 5.93. The molecule has 4 heteroatoms. The Labute approximate surface area is 179 Å². The maximum Gasteiger partial charge on any atom is 0.243 e. The molecule has 2 amide bonds. The fourth-order valence-electron chi connectivity index (χ4n) is 7.72. The van der Waals surface area contributed by atoms with Crippen molar-refractivity contribution in [3.63, 3.8) is 0 Å². The van der Waals surface area contributed by atoms with Crippen LogP contribution in [0.1, 0.15) is 57.9 Å². The van der Waals surface area contributed by atoms with Crippen LogP contribution in [0.3, 0.4) is 0 Å². The van der Waals surface area contributed by atoms with Crippen molar-refractivity contribution in [3.05, 3.63) is 42.0 Å². The first-order chi connectivity index (χ1) is 14.3. The number of nitrogens with one attached hydrogen (secondary N) is 2. The summed E-state index contributed by atoms with van der Waals surface area (Å²) in [5.74, 6) is 2.22. The number of carbonyl (C=O) groups excluding carboxylic acids is 2. The molecule has 3 fully saturated rings. The molecule has 0 radical (unpaired) electrons. The van der Waals surface area contributed by atoms with E-state index in [1.807, 2.05) is 12.1 Å². The van der Waals surface area contributed by atoms with E-state index in [0.717, 1.165) is 37.8 Å². The molecule has 30 heavy (non-hydrogen) atoms. The summed E-state index contributed by atoms with van der Waals surface area (Å²) in [6.45, 7) is 6.79. The van der Waals surface area contributed by atoms with E-state index in [4.69, 9.17) is 0 Å². The predicted octanol–water partition coefficient (Wildman–Crippen LogP) is 4.85. The highest BCUT2D eigenvalue weighted by Crippen LogP contribution is 2.65. The monoisotopic (exact) mass is 406 g/mol. The van der Waals surface area contributed by atoms with Gasteiger partial charge < -0.3 is 10.6 Å². The molecule has 0 spiro atoms. The van der Waals surface area contributed by atoms with Crippen LogP contribution in [0.4, 0.5) is 5.69 Å². The number of aryl methyl sites for hydroxylation is 1. The minimum absolute atomic E-state index is 0.0556. The summed E-state index contributed by atoms with van der Waals surface area (Å²) in [4.78, 5) is 25.2. The fourth-order valence-corrected chi connectivity index (χ4v) is 7.72. The number of hydrogen-bond donors (Lipinski definition) is 2. The maximum absolute atomic E-state index is 13.3. The van der Waals surface area contributed by atoms with Gasteiger partial charge in [-0.3, -0.25) is 9.59 Å². The third-order valence-electron chi connectivity index (χ3n) is 9.29. The minimum Gasteiger partial charge on any atom is -0.349 e. The van der Waals surface area contributed by atoms with Gasteiger partial charge in [0.25, 0.3) is 0 Å². The second-order valence-corrected chi connectivity index (χ2v) is 10.7. The van der Waals surface area contributed by atoms with Crippen molar-refractivity contribution in [2.75, 3.05) is 5.32 Å². The molecule has 3 aliphatic carbocycles. The van der Waals surface area contributed by atoms with E-state index < -0.39 is 0 Å². The summed E-state index contributed by atoms with van der Waals surface area (Å²) in [5, 5.41) is 6.44. The molecule has 0 saturated heterocycles. The number of amides is 2. The Bertz CT molecular complexity index is 908. The van der Waals surface area contributed by atoms with Crippen molar-refractivity contribution >= 4 is 17.5 Å². The molecule has 0 aromatic heterocycles. The first-order valence-corrected chi connectivity index (χ1v) is 11.7. The van der Waals surface area contributed by atoms with Crippen molar-refractivity contribution in [1.82, 2.24) is 5.32 Å². The van der Waals surface area contributed by atoms with Crippen LogP contribution < -0.4 is 10.6 Å². The largest absolute Gasteiger partial charge is 0.349 e. The summed E-state index contributed by atoms with van der Waals surface area (Å²) in [6.07, 6.45) is 10.6. The Morgan fingerprint density at radius 1 is 1.10 bits per heavy atom. The predicted molar refractivity (Wildman–Crippen MR) is 119 cm³/mol. The van der Waals surface area contributed by atoms with E-state index in [-0.39, 0.29) is 34.6 Å². The summed E-state index contributed by atoms with van der Waals surface area (Å²) in [6, 6.07) is 8.37. The van der Waals surface area contributed by atoms with Gasteiger partial charge in [0.05, 0.1) is 0 Å². The van der Waals surface area contributed by atoms with Crippen LogP contribution in [0.2, 0.25) is 0 Å². The standard InChI is InChI=1S/C26H34N2O2/c1-16-5-4-6-17(15-16)27-24(30)21-9-8-19-18-7-10-22-26(3,14-12-23(29)28-22)20(18)11-13-25(19,21)2/h4-6,12,14-15,18-22H,7-11,13H2,1-3H3,(H,27,30)(H,28,29)/t18?,19?,20?,21?,22?,25-,26+/m0/s1. The number of fused-ring (bicyclic) bond motifs is 5. The zero-order valence-electron chi connectivity index (χ0n) is 18.4. The van der Waals surface area contributed by atoms with E-state index in [1.165, 1.54) is 12.0 Å². The highest BCUT2D eigenvalue weighted by Gasteiger charge is 2.60. The summed E-state index contributed by atoms with van der Waals surface area (Å²) >= 11 is 0. The molecular formula is C26H34N2O2. The Balaban J connectivity index is 1.37. The van der Waals surface area contributed by atoms with Gasteiger partial charge in [0.15, 0.2) is 0 Å². The van der Waals surface area contributed by atoms with Crippen molar-refractivity contribution in [1.29, 1.82) is 0 Å². The molecule has 3 saturated carbocycles. The molecule has 2 N–H and O–H groups in total. The van der Waals surface area contributed by atoms with Crippen LogP contribution in [0.25, 0.3) is 0 Å². The average Bonchev–Trinajstić information content (AvgIpc) is 3.06. The summed E-state index contributed by atoms with van der Waals surface area (Å²) in [5.41, 5.74) is 2.22. The minimum atomic E-state index is 0.0556. The van der Waals surface area contributed by atoms with E-state index in [1.54, 1.807) is 6.08 Å². The van der Waals surface area contributed by atoms with Gasteiger partial charge >= 0.3 is 0 Å². The number of carbonyl (C=O) groups is 2. The van der Waals surface area contributed by atoms with Crippen LogP contribution in [0.5, 0.6) is 0 Å². The van der Waals surface area contributed by atoms with Gasteiger partial charge in [0, 0.05) is 23.1 Å². The van der Waals surface area contributed by atoms with Gasteiger partial charge in [0.2, 0.25) is 11.8 Å². The lowest BCUT2D eigenvalue weighted by atomic mass is 9.48. The van der Waals surface area contributed by atoms with E-state index in [0.29, 0.717) is 17.8 Å². The zero-order chi connectivity index (χ0) is 21.1. The van der Waals surface area contributed by atoms with E-state index in [9.17, 15) is 9.59 Å². The number of hydrogen-bond acceptors (Lipinski definition) is 2. The van der Waals surface area contributed by atoms with Gasteiger partial charge in [-0.15, -0.1) is 0 Å². The molecule has 4 aliphatic rings. The zero-order valence-corrected chi connectivity index (χ0v) is 18.4. The quantitative estimate of drug-likeness (QED) is 0.738. The Hall–Kier alpha value is -2.10. The van der Waals surface area contributed by atoms with Crippen LogP contribution in [-0.2, 0) is 9.59 Å². The van der Waals surface area contributed by atoms with Crippen LogP contribution in [0, 0.1) is 41.4 Å². The third kappa shape index (κ3) is 2.94. The number of anilines is 1. The molecule has 1 aromatic carbocycles. The lowest BCUT2D eigenvalue weighted by molar-refractivity contribution is -0.129. The maximum atomic E-state index is 13.3. The Kier molecular flexibility index (Phi) is 4.61. The molecule has 1 aromatic rings. The normalized spacial score (nSPS) is 42.0. The SMILES string of the molecule is Cc1cccc(NC(=O)C2CCC3C4CCC5NC(=O)C=C[C@]5(C)C4CC[C@]23C)c1. The lowest BCUT2D eigenvalue weighted by Crippen LogP contribution is -2.59. The molecule has 5 unspecified atom stereocenters. The third-order valence-corrected chi connectivity index (χ3v) is 9.29. The van der Waals surface area contributed by atoms with Gasteiger partial charge in [-0.25, -0.2) is 0 Å². The van der Waals surface area contributed by atoms with Gasteiger partial charge in [-0.1, -0.05) is 32.1 Å². The highest BCUT2D eigenvalue weighted by atomic mass is 16.2. The summed E-state index contributed by atoms with van der Waals surface area (Å²) < 4.78 is 0.